The molecule has 142 valence electrons. The number of nitrogens with two attached hydrogens (primary N) is 1. The fraction of sp³-hybridized carbons (Fsp3) is 0.400. The fourth-order valence-electron chi connectivity index (χ4n) is 2.66. The van der Waals surface area contributed by atoms with Crippen molar-refractivity contribution in [3.8, 4) is 0 Å². The molecule has 2 aromatic rings. The van der Waals surface area contributed by atoms with Crippen LogP contribution in [0.5, 0.6) is 0 Å². The van der Waals surface area contributed by atoms with Gasteiger partial charge in [-0.05, 0) is 38.5 Å². The van der Waals surface area contributed by atoms with Crippen molar-refractivity contribution >= 4 is 29.9 Å². The van der Waals surface area contributed by atoms with Gasteiger partial charge in [-0.2, -0.15) is 0 Å². The molecule has 1 aromatic carbocycles. The van der Waals surface area contributed by atoms with Gasteiger partial charge < -0.3 is 16.4 Å². The standard InChI is InChI=1S/C20H29N5.HI/c1-16(17-9-5-4-6-10-17)25-20(2,3)15-24-19(21)23-14-12-18-11-7-8-13-22-18;/h4-11,13,16,25H,12,14-15H2,1-3H3,(H3,21,23,24);1H. The number of hydrogen-bond donors (Lipinski definition) is 3. The number of pyridine rings is 1. The third-order valence-corrected chi connectivity index (χ3v) is 3.96. The van der Waals surface area contributed by atoms with E-state index in [1.165, 1.54) is 5.56 Å². The Morgan fingerprint density at radius 3 is 2.50 bits per heavy atom. The summed E-state index contributed by atoms with van der Waals surface area (Å²) in [6.07, 6.45) is 2.62. The Kier molecular flexibility index (Phi) is 9.58. The lowest BCUT2D eigenvalue weighted by atomic mass is 10.0. The molecule has 0 aliphatic rings. The average Bonchev–Trinajstić information content (AvgIpc) is 2.61. The molecule has 0 saturated heterocycles. The Bertz CT molecular complexity index is 658. The van der Waals surface area contributed by atoms with Gasteiger partial charge in [0.15, 0.2) is 5.96 Å². The van der Waals surface area contributed by atoms with E-state index in [0.717, 1.165) is 18.7 Å². The minimum absolute atomic E-state index is 0. The number of halogens is 1. The maximum Gasteiger partial charge on any atom is 0.188 e. The number of guanidine groups is 1. The predicted molar refractivity (Wildman–Crippen MR) is 120 cm³/mol. The van der Waals surface area contributed by atoms with Gasteiger partial charge in [-0.15, -0.1) is 24.0 Å². The topological polar surface area (TPSA) is 75.3 Å². The van der Waals surface area contributed by atoms with Crippen molar-refractivity contribution in [3.63, 3.8) is 0 Å². The molecule has 26 heavy (non-hydrogen) atoms. The zero-order chi connectivity index (χ0) is 18.1. The summed E-state index contributed by atoms with van der Waals surface area (Å²) in [6, 6.07) is 16.6. The summed E-state index contributed by atoms with van der Waals surface area (Å²) in [5.41, 5.74) is 8.14. The van der Waals surface area contributed by atoms with Gasteiger partial charge in [0.25, 0.3) is 0 Å². The van der Waals surface area contributed by atoms with E-state index in [9.17, 15) is 0 Å². The van der Waals surface area contributed by atoms with Crippen LogP contribution >= 0.6 is 24.0 Å². The molecule has 0 fully saturated rings. The van der Waals surface area contributed by atoms with Gasteiger partial charge in [-0.25, -0.2) is 0 Å². The molecule has 5 nitrogen and oxygen atoms in total. The maximum absolute atomic E-state index is 5.98. The summed E-state index contributed by atoms with van der Waals surface area (Å²) in [7, 11) is 0. The molecule has 0 amide bonds. The van der Waals surface area contributed by atoms with Crippen LogP contribution < -0.4 is 16.4 Å². The van der Waals surface area contributed by atoms with Gasteiger partial charge in [-0.3, -0.25) is 9.98 Å². The van der Waals surface area contributed by atoms with Crippen molar-refractivity contribution in [1.82, 2.24) is 15.6 Å². The minimum Gasteiger partial charge on any atom is -0.370 e. The molecular formula is C20H30IN5. The van der Waals surface area contributed by atoms with Crippen molar-refractivity contribution in [1.29, 1.82) is 0 Å². The van der Waals surface area contributed by atoms with Crippen LogP contribution in [0.2, 0.25) is 0 Å². The number of hydrogen-bond acceptors (Lipinski definition) is 3. The van der Waals surface area contributed by atoms with Crippen molar-refractivity contribution in [2.24, 2.45) is 10.7 Å². The van der Waals surface area contributed by atoms with Gasteiger partial charge in [0, 0.05) is 36.4 Å². The van der Waals surface area contributed by atoms with E-state index in [0.29, 0.717) is 12.5 Å². The van der Waals surface area contributed by atoms with Gasteiger partial charge in [0.05, 0.1) is 6.54 Å². The molecule has 0 spiro atoms. The van der Waals surface area contributed by atoms with Crippen molar-refractivity contribution in [2.45, 2.75) is 38.8 Å². The molecule has 0 saturated carbocycles. The van der Waals surface area contributed by atoms with E-state index < -0.39 is 0 Å². The Hall–Kier alpha value is -1.67. The second-order valence-corrected chi connectivity index (χ2v) is 6.86. The van der Waals surface area contributed by atoms with Crippen LogP contribution in [0.15, 0.2) is 59.7 Å². The number of benzene rings is 1. The lowest BCUT2D eigenvalue weighted by molar-refractivity contribution is 0.357. The monoisotopic (exact) mass is 467 g/mol. The van der Waals surface area contributed by atoms with E-state index in [4.69, 9.17) is 5.73 Å². The van der Waals surface area contributed by atoms with E-state index in [2.05, 4.69) is 65.6 Å². The van der Waals surface area contributed by atoms with Crippen LogP contribution in [0.4, 0.5) is 0 Å². The van der Waals surface area contributed by atoms with Crippen LogP contribution in [0, 0.1) is 0 Å². The highest BCUT2D eigenvalue weighted by Crippen LogP contribution is 2.16. The summed E-state index contributed by atoms with van der Waals surface area (Å²) in [5, 5.41) is 6.76. The Labute approximate surface area is 173 Å². The third-order valence-electron chi connectivity index (χ3n) is 3.96. The highest BCUT2D eigenvalue weighted by molar-refractivity contribution is 14.0. The van der Waals surface area contributed by atoms with E-state index in [1.54, 1.807) is 6.20 Å². The Morgan fingerprint density at radius 1 is 1.15 bits per heavy atom. The maximum atomic E-state index is 5.98. The summed E-state index contributed by atoms with van der Waals surface area (Å²) in [4.78, 5) is 8.77. The predicted octanol–water partition coefficient (Wildman–Crippen LogP) is 3.28. The first kappa shape index (κ1) is 22.4. The van der Waals surface area contributed by atoms with Crippen LogP contribution in [-0.2, 0) is 6.42 Å². The number of nitrogens with one attached hydrogen (secondary N) is 2. The first-order valence-corrected chi connectivity index (χ1v) is 8.73. The van der Waals surface area contributed by atoms with Crippen LogP contribution in [0.1, 0.15) is 38.1 Å². The molecule has 1 aromatic heterocycles. The lowest BCUT2D eigenvalue weighted by Crippen LogP contribution is -2.45. The summed E-state index contributed by atoms with van der Waals surface area (Å²) in [5.74, 6) is 0.471. The van der Waals surface area contributed by atoms with Crippen LogP contribution in [0.3, 0.4) is 0 Å². The Balaban J connectivity index is 0.00000338. The van der Waals surface area contributed by atoms with E-state index >= 15 is 0 Å². The molecular weight excluding hydrogens is 437 g/mol. The van der Waals surface area contributed by atoms with Gasteiger partial charge in [0.2, 0.25) is 0 Å². The summed E-state index contributed by atoms with van der Waals surface area (Å²) < 4.78 is 0. The molecule has 1 heterocycles. The molecule has 0 radical (unpaired) electrons. The number of nitrogens with zero attached hydrogens (tertiary/aromatic N) is 2. The minimum atomic E-state index is -0.150. The molecule has 0 aliphatic carbocycles. The first-order valence-electron chi connectivity index (χ1n) is 8.73. The third kappa shape index (κ3) is 8.14. The number of rotatable bonds is 8. The van der Waals surface area contributed by atoms with E-state index in [1.807, 2.05) is 24.3 Å². The van der Waals surface area contributed by atoms with Crippen LogP contribution in [-0.4, -0.2) is 29.6 Å². The average molecular weight is 467 g/mol. The Morgan fingerprint density at radius 2 is 1.85 bits per heavy atom. The zero-order valence-electron chi connectivity index (χ0n) is 15.8. The second kappa shape index (κ2) is 11.1. The highest BCUT2D eigenvalue weighted by atomic mass is 127. The molecule has 4 N–H and O–H groups in total. The number of aliphatic imine (C=N–C) groups is 1. The van der Waals surface area contributed by atoms with Crippen molar-refractivity contribution in [3.05, 3.63) is 66.0 Å². The smallest absolute Gasteiger partial charge is 0.188 e. The molecule has 6 heteroatoms. The zero-order valence-corrected chi connectivity index (χ0v) is 18.1. The quantitative estimate of drug-likeness (QED) is 0.317. The molecule has 1 unspecified atom stereocenters. The molecule has 0 bridgehead atoms. The van der Waals surface area contributed by atoms with Crippen molar-refractivity contribution in [2.75, 3.05) is 13.1 Å². The van der Waals surface area contributed by atoms with Crippen molar-refractivity contribution < 1.29 is 0 Å². The van der Waals surface area contributed by atoms with Gasteiger partial charge in [0.1, 0.15) is 0 Å². The highest BCUT2D eigenvalue weighted by Gasteiger charge is 2.20. The lowest BCUT2D eigenvalue weighted by Gasteiger charge is -2.29. The number of aromatic nitrogens is 1. The fourth-order valence-corrected chi connectivity index (χ4v) is 2.66. The SMILES string of the molecule is CC(NC(C)(C)CN=C(N)NCCc1ccccn1)c1ccccc1.I. The normalized spacial score (nSPS) is 13.0. The molecule has 1 atom stereocenters. The molecule has 2 rings (SSSR count). The molecule has 0 aliphatic heterocycles. The second-order valence-electron chi connectivity index (χ2n) is 6.86. The van der Waals surface area contributed by atoms with Crippen LogP contribution in [0.25, 0.3) is 0 Å². The van der Waals surface area contributed by atoms with Gasteiger partial charge >= 0.3 is 0 Å². The van der Waals surface area contributed by atoms with Gasteiger partial charge in [-0.1, -0.05) is 36.4 Å². The van der Waals surface area contributed by atoms with E-state index in [-0.39, 0.29) is 35.6 Å². The summed E-state index contributed by atoms with van der Waals surface area (Å²) in [6.45, 7) is 7.76. The largest absolute Gasteiger partial charge is 0.370 e. The summed E-state index contributed by atoms with van der Waals surface area (Å²) >= 11 is 0. The first-order chi connectivity index (χ1) is 12.0.